The lowest BCUT2D eigenvalue weighted by Gasteiger charge is -2.20. The molecule has 2 nitrogen and oxygen atoms in total. The van der Waals surface area contributed by atoms with Gasteiger partial charge >= 0.3 is 0 Å². The molecule has 0 bridgehead atoms. The lowest BCUT2D eigenvalue weighted by molar-refractivity contribution is 0.693. The fourth-order valence-electron chi connectivity index (χ4n) is 6.09. The molecule has 0 heterocycles. The number of hydrogen-bond acceptors (Lipinski definition) is 2. The second-order valence-electron chi connectivity index (χ2n) is 11.3. The van der Waals surface area contributed by atoms with E-state index in [1.165, 1.54) is 44.5 Å². The maximum absolute atomic E-state index is 6.01. The van der Waals surface area contributed by atoms with Crippen LogP contribution in [0.25, 0.3) is 0 Å². The van der Waals surface area contributed by atoms with Crippen LogP contribution in [0.4, 0.5) is 11.4 Å². The van der Waals surface area contributed by atoms with E-state index >= 15 is 0 Å². The van der Waals surface area contributed by atoms with Crippen LogP contribution in [0.15, 0.2) is 84.9 Å². The molecule has 4 aromatic rings. The normalized spacial score (nSPS) is 12.8. The van der Waals surface area contributed by atoms with Gasteiger partial charge in [0, 0.05) is 23.2 Å². The van der Waals surface area contributed by atoms with Crippen molar-refractivity contribution in [2.75, 3.05) is 11.5 Å². The van der Waals surface area contributed by atoms with E-state index in [1.807, 2.05) is 12.1 Å². The number of hydrogen-bond donors (Lipinski definition) is 2. The molecule has 4 aromatic carbocycles. The van der Waals surface area contributed by atoms with Gasteiger partial charge in [-0.15, -0.1) is 0 Å². The van der Waals surface area contributed by atoms with Gasteiger partial charge in [0.05, 0.1) is 0 Å². The van der Waals surface area contributed by atoms with E-state index in [1.54, 1.807) is 0 Å². The molecule has 0 radical (unpaired) electrons. The lowest BCUT2D eigenvalue weighted by atomic mass is 9.84. The van der Waals surface area contributed by atoms with Crippen LogP contribution < -0.4 is 11.5 Å². The summed E-state index contributed by atoms with van der Waals surface area (Å²) in [6.07, 6.45) is 7.98. The van der Waals surface area contributed by atoms with Gasteiger partial charge in [-0.2, -0.15) is 0 Å². The molecule has 0 aliphatic carbocycles. The average Bonchev–Trinajstić information content (AvgIpc) is 2.92. The van der Waals surface area contributed by atoms with E-state index in [0.29, 0.717) is 11.8 Å². The Morgan fingerprint density at radius 2 is 0.923 bits per heavy atom. The number of aryl methyl sites for hydroxylation is 4. The van der Waals surface area contributed by atoms with E-state index in [4.69, 9.17) is 11.5 Å². The summed E-state index contributed by atoms with van der Waals surface area (Å²) in [5, 5.41) is 0. The van der Waals surface area contributed by atoms with Crippen molar-refractivity contribution in [1.82, 2.24) is 0 Å². The molecule has 0 saturated heterocycles. The summed E-state index contributed by atoms with van der Waals surface area (Å²) in [6.45, 7) is 8.89. The summed E-state index contributed by atoms with van der Waals surface area (Å²) < 4.78 is 0. The number of benzene rings is 4. The number of nitrogens with two attached hydrogens (primary N) is 2. The van der Waals surface area contributed by atoms with Crippen molar-refractivity contribution in [3.05, 3.63) is 129 Å². The van der Waals surface area contributed by atoms with Crippen LogP contribution in [-0.2, 0) is 12.8 Å². The smallest absolute Gasteiger partial charge is 0.0316 e. The fourth-order valence-corrected chi connectivity index (χ4v) is 6.09. The maximum atomic E-state index is 6.01. The summed E-state index contributed by atoms with van der Waals surface area (Å²) in [6, 6.07) is 31.4. The third-order valence-electron chi connectivity index (χ3n) is 8.19. The highest BCUT2D eigenvalue weighted by Gasteiger charge is 2.17. The minimum Gasteiger partial charge on any atom is -0.399 e. The van der Waals surface area contributed by atoms with Gasteiger partial charge in [0.15, 0.2) is 0 Å². The molecule has 2 unspecified atom stereocenters. The quantitative estimate of drug-likeness (QED) is 0.183. The molecule has 0 aliphatic heterocycles. The third kappa shape index (κ3) is 7.32. The second kappa shape index (κ2) is 13.5. The number of nitrogen functional groups attached to an aromatic ring is 2. The van der Waals surface area contributed by atoms with Crippen molar-refractivity contribution in [2.24, 2.45) is 0 Å². The first kappa shape index (κ1) is 28.5. The van der Waals surface area contributed by atoms with Gasteiger partial charge in [0.1, 0.15) is 0 Å². The van der Waals surface area contributed by atoms with E-state index in [0.717, 1.165) is 56.3 Å². The average molecular weight is 519 g/mol. The molecule has 0 spiro atoms. The van der Waals surface area contributed by atoms with Crippen LogP contribution in [0.5, 0.6) is 0 Å². The van der Waals surface area contributed by atoms with Crippen molar-refractivity contribution in [1.29, 1.82) is 0 Å². The minimum absolute atomic E-state index is 0.428. The Labute approximate surface area is 236 Å². The monoisotopic (exact) mass is 518 g/mol. The van der Waals surface area contributed by atoms with Gasteiger partial charge in [0.2, 0.25) is 0 Å². The van der Waals surface area contributed by atoms with E-state index in [9.17, 15) is 0 Å². The van der Waals surface area contributed by atoms with Crippen LogP contribution in [0.3, 0.4) is 0 Å². The molecule has 0 saturated carbocycles. The van der Waals surface area contributed by atoms with Gasteiger partial charge in [-0.25, -0.2) is 0 Å². The van der Waals surface area contributed by atoms with Crippen LogP contribution >= 0.6 is 0 Å². The minimum atomic E-state index is 0.428. The number of rotatable bonds is 12. The van der Waals surface area contributed by atoms with E-state index < -0.39 is 0 Å². The van der Waals surface area contributed by atoms with Crippen molar-refractivity contribution < 1.29 is 0 Å². The molecule has 0 amide bonds. The predicted octanol–water partition coefficient (Wildman–Crippen LogP) is 9.51. The molecule has 0 fully saturated rings. The van der Waals surface area contributed by atoms with Gasteiger partial charge in [-0.05, 0) is 115 Å². The van der Waals surface area contributed by atoms with Gasteiger partial charge in [-0.3, -0.25) is 0 Å². The van der Waals surface area contributed by atoms with E-state index in [2.05, 4.69) is 100 Å². The molecule has 4 rings (SSSR count). The highest BCUT2D eigenvalue weighted by Crippen LogP contribution is 2.34. The molecule has 0 aliphatic rings. The SMILES string of the molecule is CCCC(c1ccc(CCCc2ccc(C(CCC)c3ccc(N)cc3C)cc2)cc1)c1ccc(N)cc1C. The van der Waals surface area contributed by atoms with Crippen LogP contribution in [0.2, 0.25) is 0 Å². The predicted molar refractivity (Wildman–Crippen MR) is 170 cm³/mol. The molecule has 4 N–H and O–H groups in total. The maximum Gasteiger partial charge on any atom is 0.0316 e. The molecule has 204 valence electrons. The van der Waals surface area contributed by atoms with Crippen molar-refractivity contribution in [2.45, 2.75) is 84.5 Å². The summed E-state index contributed by atoms with van der Waals surface area (Å²) in [4.78, 5) is 0. The van der Waals surface area contributed by atoms with Gasteiger partial charge < -0.3 is 11.5 Å². The summed E-state index contributed by atoms with van der Waals surface area (Å²) in [7, 11) is 0. The lowest BCUT2D eigenvalue weighted by Crippen LogP contribution is -2.04. The fraction of sp³-hybridized carbons (Fsp3) is 0.351. The Bertz CT molecular complexity index is 1230. The summed E-state index contributed by atoms with van der Waals surface area (Å²) >= 11 is 0. The molecule has 39 heavy (non-hydrogen) atoms. The topological polar surface area (TPSA) is 52.0 Å². The van der Waals surface area contributed by atoms with Crippen molar-refractivity contribution >= 4 is 11.4 Å². The zero-order chi connectivity index (χ0) is 27.8. The Morgan fingerprint density at radius 1 is 0.538 bits per heavy atom. The van der Waals surface area contributed by atoms with E-state index in [-0.39, 0.29) is 0 Å². The van der Waals surface area contributed by atoms with Gasteiger partial charge in [-0.1, -0.05) is 87.4 Å². The Hall–Kier alpha value is -3.52. The molecular formula is C37H46N2. The zero-order valence-corrected chi connectivity index (χ0v) is 24.3. The van der Waals surface area contributed by atoms with Crippen LogP contribution in [-0.4, -0.2) is 0 Å². The van der Waals surface area contributed by atoms with Crippen LogP contribution in [0.1, 0.15) is 102 Å². The molecule has 2 atom stereocenters. The molecular weight excluding hydrogens is 472 g/mol. The summed E-state index contributed by atoms with van der Waals surface area (Å²) in [5.41, 5.74) is 24.7. The standard InChI is InChI=1S/C37H46N2/c1-5-8-36(34-22-20-32(38)24-26(34)3)30-16-12-28(13-17-30)10-7-11-29-14-18-31(19-15-29)37(9-6-2)35-23-21-33(39)25-27(35)4/h12-25,36-37H,5-11,38-39H2,1-4H3. The van der Waals surface area contributed by atoms with Crippen molar-refractivity contribution in [3.63, 3.8) is 0 Å². The number of anilines is 2. The largest absolute Gasteiger partial charge is 0.399 e. The van der Waals surface area contributed by atoms with Crippen LogP contribution in [0, 0.1) is 13.8 Å². The van der Waals surface area contributed by atoms with Gasteiger partial charge in [0.25, 0.3) is 0 Å². The Morgan fingerprint density at radius 3 is 1.26 bits per heavy atom. The first-order chi connectivity index (χ1) is 18.9. The first-order valence-electron chi connectivity index (χ1n) is 14.8. The molecule has 2 heteroatoms. The Kier molecular flexibility index (Phi) is 9.87. The van der Waals surface area contributed by atoms with Crippen molar-refractivity contribution in [3.8, 4) is 0 Å². The first-order valence-corrected chi connectivity index (χ1v) is 14.8. The second-order valence-corrected chi connectivity index (χ2v) is 11.3. The summed E-state index contributed by atoms with van der Waals surface area (Å²) in [5.74, 6) is 0.855. The zero-order valence-electron chi connectivity index (χ0n) is 24.3. The Balaban J connectivity index is 1.37. The third-order valence-corrected chi connectivity index (χ3v) is 8.19. The highest BCUT2D eigenvalue weighted by atomic mass is 14.5. The molecule has 0 aromatic heterocycles. The highest BCUT2D eigenvalue weighted by molar-refractivity contribution is 5.49.